The predicted molar refractivity (Wildman–Crippen MR) is 87.2 cm³/mol. The molecule has 2 rings (SSSR count). The normalized spacial score (nSPS) is 21.5. The van der Waals surface area contributed by atoms with E-state index < -0.39 is 16.0 Å². The molecule has 7 nitrogen and oxygen atoms in total. The van der Waals surface area contributed by atoms with Crippen LogP contribution in [0.15, 0.2) is 15.4 Å². The molecule has 9 heteroatoms. The molecule has 1 heterocycles. The van der Waals surface area contributed by atoms with E-state index in [0.717, 1.165) is 25.7 Å². The lowest BCUT2D eigenvalue weighted by atomic mass is 9.85. The third-order valence-corrected chi connectivity index (χ3v) is 5.66. The van der Waals surface area contributed by atoms with Crippen molar-refractivity contribution >= 4 is 28.4 Å². The fourth-order valence-corrected chi connectivity index (χ4v) is 4.36. The number of nitrogens with one attached hydrogen (secondary N) is 1. The van der Waals surface area contributed by atoms with Crippen molar-refractivity contribution in [3.8, 4) is 0 Å². The molecule has 2 unspecified atom stereocenters. The van der Waals surface area contributed by atoms with E-state index in [2.05, 4.69) is 9.46 Å². The maximum absolute atomic E-state index is 12.5. The molecule has 0 radical (unpaired) electrons. The van der Waals surface area contributed by atoms with E-state index >= 15 is 0 Å². The lowest BCUT2D eigenvalue weighted by molar-refractivity contribution is 0.0563. The number of nitrogens with two attached hydrogens (primary N) is 1. The van der Waals surface area contributed by atoms with Crippen molar-refractivity contribution in [3.63, 3.8) is 0 Å². The summed E-state index contributed by atoms with van der Waals surface area (Å²) >= 11 is 0. The minimum atomic E-state index is -3.76. The zero-order chi connectivity index (χ0) is 16.3. The van der Waals surface area contributed by atoms with Crippen LogP contribution in [0, 0.1) is 12.8 Å². The van der Waals surface area contributed by atoms with Crippen molar-refractivity contribution in [1.29, 1.82) is 0 Å². The van der Waals surface area contributed by atoms with Crippen molar-refractivity contribution in [3.05, 3.63) is 17.6 Å². The third-order valence-electron chi connectivity index (χ3n) is 4.07. The molecule has 23 heavy (non-hydrogen) atoms. The van der Waals surface area contributed by atoms with Gasteiger partial charge in [0.1, 0.15) is 10.7 Å². The number of ether oxygens (including phenoxy) is 1. The zero-order valence-corrected chi connectivity index (χ0v) is 14.8. The van der Waals surface area contributed by atoms with Gasteiger partial charge >= 0.3 is 5.97 Å². The summed E-state index contributed by atoms with van der Waals surface area (Å²) in [6.45, 7) is 1.95. The molecule has 1 aromatic rings. The molecule has 0 bridgehead atoms. The lowest BCUT2D eigenvalue weighted by Crippen LogP contribution is -2.44. The Hall–Kier alpha value is -1.09. The first kappa shape index (κ1) is 20.0. The van der Waals surface area contributed by atoms with E-state index in [4.69, 9.17) is 10.2 Å². The number of carbonyl (C=O) groups is 1. The molecule has 3 N–H and O–H groups in total. The van der Waals surface area contributed by atoms with Crippen molar-refractivity contribution in [2.45, 2.75) is 43.5 Å². The number of hydrogen-bond donors (Lipinski definition) is 2. The Bertz CT molecular complexity index is 644. The minimum absolute atomic E-state index is 0. The van der Waals surface area contributed by atoms with E-state index in [1.807, 2.05) is 0 Å². The number of sulfonamides is 1. The Morgan fingerprint density at radius 2 is 2.09 bits per heavy atom. The summed E-state index contributed by atoms with van der Waals surface area (Å²) in [5, 5.41) is 0. The van der Waals surface area contributed by atoms with E-state index in [1.54, 1.807) is 0 Å². The van der Waals surface area contributed by atoms with Crippen molar-refractivity contribution in [1.82, 2.24) is 4.72 Å². The minimum Gasteiger partial charge on any atom is -0.463 e. The van der Waals surface area contributed by atoms with Gasteiger partial charge in [-0.05, 0) is 32.2 Å². The Labute approximate surface area is 142 Å². The Balaban J connectivity index is 0.00000264. The number of furan rings is 1. The van der Waals surface area contributed by atoms with Crippen LogP contribution in [-0.2, 0) is 14.8 Å². The number of hydrogen-bond acceptors (Lipinski definition) is 6. The lowest BCUT2D eigenvalue weighted by Gasteiger charge is -2.30. The summed E-state index contributed by atoms with van der Waals surface area (Å²) < 4.78 is 37.5. The summed E-state index contributed by atoms with van der Waals surface area (Å²) in [5.41, 5.74) is 5.73. The molecule has 0 aliphatic heterocycles. The van der Waals surface area contributed by atoms with Gasteiger partial charge in [0.05, 0.1) is 7.11 Å². The molecule has 132 valence electrons. The summed E-state index contributed by atoms with van der Waals surface area (Å²) in [7, 11) is -2.55. The summed E-state index contributed by atoms with van der Waals surface area (Å²) in [5.74, 6) is -0.537. The van der Waals surface area contributed by atoms with Crippen LogP contribution in [0.2, 0.25) is 0 Å². The second kappa shape index (κ2) is 8.14. The van der Waals surface area contributed by atoms with Gasteiger partial charge in [-0.2, -0.15) is 0 Å². The molecular weight excluding hydrogens is 344 g/mol. The van der Waals surface area contributed by atoms with Crippen molar-refractivity contribution < 1.29 is 22.4 Å². The first-order valence-electron chi connectivity index (χ1n) is 7.30. The van der Waals surface area contributed by atoms with Crippen LogP contribution in [0.3, 0.4) is 0 Å². The average molecular weight is 367 g/mol. The highest BCUT2D eigenvalue weighted by Gasteiger charge is 2.31. The van der Waals surface area contributed by atoms with Gasteiger partial charge in [0, 0.05) is 12.1 Å². The number of aryl methyl sites for hydroxylation is 1. The first-order chi connectivity index (χ1) is 10.4. The van der Waals surface area contributed by atoms with Crippen LogP contribution in [0.1, 0.15) is 42.0 Å². The molecule has 0 amide bonds. The van der Waals surface area contributed by atoms with Crippen LogP contribution >= 0.6 is 12.4 Å². The first-order valence-corrected chi connectivity index (χ1v) is 8.78. The van der Waals surface area contributed by atoms with Gasteiger partial charge in [-0.1, -0.05) is 12.8 Å². The van der Waals surface area contributed by atoms with E-state index in [1.165, 1.54) is 20.1 Å². The molecule has 0 saturated heterocycles. The number of halogens is 1. The topological polar surface area (TPSA) is 112 Å². The largest absolute Gasteiger partial charge is 0.463 e. The SMILES string of the molecule is COC(=O)c1cc(S(=O)(=O)NC2CCCCC2CN)c(C)o1.Cl. The molecule has 0 spiro atoms. The number of esters is 1. The van der Waals surface area contributed by atoms with Gasteiger partial charge in [0.25, 0.3) is 0 Å². The monoisotopic (exact) mass is 366 g/mol. The molecule has 2 atom stereocenters. The second-order valence-corrected chi connectivity index (χ2v) is 7.21. The quantitative estimate of drug-likeness (QED) is 0.765. The molecule has 1 fully saturated rings. The number of methoxy groups -OCH3 is 1. The fourth-order valence-electron chi connectivity index (χ4n) is 2.84. The second-order valence-electron chi connectivity index (χ2n) is 5.53. The van der Waals surface area contributed by atoms with Gasteiger partial charge in [-0.25, -0.2) is 17.9 Å². The smallest absolute Gasteiger partial charge is 0.373 e. The van der Waals surface area contributed by atoms with Crippen LogP contribution in [-0.4, -0.2) is 34.1 Å². The highest BCUT2D eigenvalue weighted by molar-refractivity contribution is 7.89. The number of carbonyl (C=O) groups excluding carboxylic acids is 1. The van der Waals surface area contributed by atoms with Crippen LogP contribution in [0.25, 0.3) is 0 Å². The van der Waals surface area contributed by atoms with Crippen molar-refractivity contribution in [2.24, 2.45) is 11.7 Å². The van der Waals surface area contributed by atoms with Crippen LogP contribution in [0.4, 0.5) is 0 Å². The molecule has 1 saturated carbocycles. The average Bonchev–Trinajstić information content (AvgIpc) is 2.89. The molecule has 0 aromatic carbocycles. The van der Waals surface area contributed by atoms with Gasteiger partial charge in [-0.15, -0.1) is 12.4 Å². The van der Waals surface area contributed by atoms with E-state index in [9.17, 15) is 13.2 Å². The van der Waals surface area contributed by atoms with Gasteiger partial charge in [0.2, 0.25) is 15.8 Å². The Morgan fingerprint density at radius 3 is 2.70 bits per heavy atom. The van der Waals surface area contributed by atoms with Crippen molar-refractivity contribution in [2.75, 3.05) is 13.7 Å². The fraction of sp³-hybridized carbons (Fsp3) is 0.643. The summed E-state index contributed by atoms with van der Waals surface area (Å²) in [6, 6.07) is 1.02. The van der Waals surface area contributed by atoms with Gasteiger partial charge in [-0.3, -0.25) is 0 Å². The standard InChI is InChI=1S/C14H22N2O5S.ClH/c1-9-13(7-12(21-9)14(17)20-2)22(18,19)16-11-6-4-3-5-10(11)8-15;/h7,10-11,16H,3-6,8,15H2,1-2H3;1H. The van der Waals surface area contributed by atoms with Crippen LogP contribution < -0.4 is 10.5 Å². The highest BCUT2D eigenvalue weighted by Crippen LogP contribution is 2.27. The number of rotatable bonds is 5. The Kier molecular flexibility index (Phi) is 7.06. The summed E-state index contributed by atoms with van der Waals surface area (Å²) in [4.78, 5) is 11.4. The molecule has 1 aromatic heterocycles. The maximum Gasteiger partial charge on any atom is 0.373 e. The van der Waals surface area contributed by atoms with Crippen LogP contribution in [0.5, 0.6) is 0 Å². The van der Waals surface area contributed by atoms with E-state index in [0.29, 0.717) is 6.54 Å². The third kappa shape index (κ3) is 4.47. The molecule has 1 aliphatic rings. The predicted octanol–water partition coefficient (Wildman–Crippen LogP) is 1.59. The Morgan fingerprint density at radius 1 is 1.43 bits per heavy atom. The summed E-state index contributed by atoms with van der Waals surface area (Å²) in [6.07, 6.45) is 3.72. The molecular formula is C14H23ClN2O5S. The molecule has 1 aliphatic carbocycles. The van der Waals surface area contributed by atoms with E-state index in [-0.39, 0.29) is 40.8 Å². The van der Waals surface area contributed by atoms with Gasteiger partial charge < -0.3 is 14.9 Å². The highest BCUT2D eigenvalue weighted by atomic mass is 35.5. The zero-order valence-electron chi connectivity index (χ0n) is 13.2. The maximum atomic E-state index is 12.5. The van der Waals surface area contributed by atoms with Gasteiger partial charge in [0.15, 0.2) is 0 Å².